The molecule has 1 aromatic heterocycles. The Kier molecular flexibility index (Phi) is 4.26. The molecule has 0 saturated carbocycles. The molecule has 5 N–H and O–H groups in total. The summed E-state index contributed by atoms with van der Waals surface area (Å²) in [6.45, 7) is 1.57. The van der Waals surface area contributed by atoms with Gasteiger partial charge in [0.2, 0.25) is 5.89 Å². The molecule has 102 valence electrons. The maximum atomic E-state index is 9.38. The highest BCUT2D eigenvalue weighted by atomic mass is 16.5. The summed E-state index contributed by atoms with van der Waals surface area (Å²) in [4.78, 5) is 4.14. The highest BCUT2D eigenvalue weighted by Gasteiger charge is 2.21. The number of nitrogens with two attached hydrogens (primary N) is 2. The van der Waals surface area contributed by atoms with Gasteiger partial charge < -0.3 is 21.1 Å². The average molecular weight is 262 g/mol. The standard InChI is InChI=1S/C13H18N4O2/c1-8(18)11(15)12-16-13(19-17-12)10(14)7-9-5-3-2-4-6-9/h2-6,8,10-11,18H,7,14-15H2,1H3/t8?,10-,11?/m0/s1. The van der Waals surface area contributed by atoms with Crippen LogP contribution in [0.3, 0.4) is 0 Å². The van der Waals surface area contributed by atoms with Crippen LogP contribution in [0.15, 0.2) is 34.9 Å². The van der Waals surface area contributed by atoms with Crippen molar-refractivity contribution in [2.24, 2.45) is 11.5 Å². The van der Waals surface area contributed by atoms with Crippen molar-refractivity contribution in [2.45, 2.75) is 31.5 Å². The smallest absolute Gasteiger partial charge is 0.243 e. The highest BCUT2D eigenvalue weighted by molar-refractivity contribution is 5.16. The molecule has 0 fully saturated rings. The van der Waals surface area contributed by atoms with Gasteiger partial charge in [-0.1, -0.05) is 35.5 Å². The highest BCUT2D eigenvalue weighted by Crippen LogP contribution is 2.17. The zero-order valence-electron chi connectivity index (χ0n) is 10.7. The number of benzene rings is 1. The van der Waals surface area contributed by atoms with Gasteiger partial charge in [-0.25, -0.2) is 0 Å². The molecule has 1 aromatic carbocycles. The van der Waals surface area contributed by atoms with E-state index in [1.165, 1.54) is 0 Å². The molecule has 2 unspecified atom stereocenters. The van der Waals surface area contributed by atoms with Gasteiger partial charge in [-0.3, -0.25) is 0 Å². The van der Waals surface area contributed by atoms with E-state index >= 15 is 0 Å². The van der Waals surface area contributed by atoms with Crippen LogP contribution >= 0.6 is 0 Å². The summed E-state index contributed by atoms with van der Waals surface area (Å²) in [5.41, 5.74) is 12.8. The van der Waals surface area contributed by atoms with Gasteiger partial charge in [0.05, 0.1) is 18.2 Å². The fraction of sp³-hybridized carbons (Fsp3) is 0.385. The Morgan fingerprint density at radius 2 is 1.95 bits per heavy atom. The van der Waals surface area contributed by atoms with Crippen LogP contribution in [0, 0.1) is 0 Å². The summed E-state index contributed by atoms with van der Waals surface area (Å²) in [6, 6.07) is 8.76. The molecule has 6 nitrogen and oxygen atoms in total. The van der Waals surface area contributed by atoms with Gasteiger partial charge in [-0.05, 0) is 18.9 Å². The van der Waals surface area contributed by atoms with E-state index in [2.05, 4.69) is 10.1 Å². The topological polar surface area (TPSA) is 111 Å². The minimum atomic E-state index is -0.740. The first-order valence-electron chi connectivity index (χ1n) is 6.14. The first-order valence-corrected chi connectivity index (χ1v) is 6.14. The number of hydrogen-bond acceptors (Lipinski definition) is 6. The monoisotopic (exact) mass is 262 g/mol. The molecule has 0 aliphatic carbocycles. The molecule has 0 aliphatic heterocycles. The average Bonchev–Trinajstić information content (AvgIpc) is 2.88. The fourth-order valence-electron chi connectivity index (χ4n) is 1.70. The predicted molar refractivity (Wildman–Crippen MR) is 70.0 cm³/mol. The summed E-state index contributed by atoms with van der Waals surface area (Å²) < 4.78 is 5.09. The number of aliphatic hydroxyl groups is 1. The minimum Gasteiger partial charge on any atom is -0.391 e. The van der Waals surface area contributed by atoms with Crippen molar-refractivity contribution < 1.29 is 9.63 Å². The molecule has 19 heavy (non-hydrogen) atoms. The normalized spacial score (nSPS) is 16.0. The summed E-state index contributed by atoms with van der Waals surface area (Å²) >= 11 is 0. The maximum Gasteiger partial charge on any atom is 0.243 e. The molecule has 0 spiro atoms. The van der Waals surface area contributed by atoms with E-state index in [9.17, 15) is 5.11 Å². The van der Waals surface area contributed by atoms with Gasteiger partial charge in [-0.2, -0.15) is 4.98 Å². The van der Waals surface area contributed by atoms with Gasteiger partial charge in [0.1, 0.15) is 0 Å². The van der Waals surface area contributed by atoms with Crippen molar-refractivity contribution in [2.75, 3.05) is 0 Å². The fourth-order valence-corrected chi connectivity index (χ4v) is 1.70. The van der Waals surface area contributed by atoms with Crippen molar-refractivity contribution in [3.63, 3.8) is 0 Å². The molecule has 0 radical (unpaired) electrons. The summed E-state index contributed by atoms with van der Waals surface area (Å²) in [7, 11) is 0. The number of nitrogens with zero attached hydrogens (tertiary/aromatic N) is 2. The second kappa shape index (κ2) is 5.92. The van der Waals surface area contributed by atoms with Crippen LogP contribution in [0.5, 0.6) is 0 Å². The Hall–Kier alpha value is -1.76. The van der Waals surface area contributed by atoms with E-state index in [4.69, 9.17) is 16.0 Å². The molecule has 2 aromatic rings. The summed E-state index contributed by atoms with van der Waals surface area (Å²) in [5.74, 6) is 0.600. The molecule has 1 heterocycles. The Morgan fingerprint density at radius 3 is 2.58 bits per heavy atom. The zero-order chi connectivity index (χ0) is 13.8. The van der Waals surface area contributed by atoms with Gasteiger partial charge in [0.15, 0.2) is 5.82 Å². The van der Waals surface area contributed by atoms with Gasteiger partial charge >= 0.3 is 0 Å². The summed E-state index contributed by atoms with van der Waals surface area (Å²) in [5, 5.41) is 13.1. The molecule has 2 rings (SSSR count). The molecular formula is C13H18N4O2. The molecule has 3 atom stereocenters. The Bertz CT molecular complexity index is 512. The van der Waals surface area contributed by atoms with Crippen LogP contribution in [0.4, 0.5) is 0 Å². The lowest BCUT2D eigenvalue weighted by atomic mass is 10.1. The van der Waals surface area contributed by atoms with Gasteiger partial charge in [0, 0.05) is 0 Å². The first kappa shape index (κ1) is 13.7. The van der Waals surface area contributed by atoms with E-state index in [-0.39, 0.29) is 11.9 Å². The second-order valence-electron chi connectivity index (χ2n) is 4.55. The van der Waals surface area contributed by atoms with Gasteiger partial charge in [0.25, 0.3) is 0 Å². The Balaban J connectivity index is 2.06. The van der Waals surface area contributed by atoms with Crippen LogP contribution in [0.2, 0.25) is 0 Å². The van der Waals surface area contributed by atoms with E-state index in [0.717, 1.165) is 5.56 Å². The third-order valence-electron chi connectivity index (χ3n) is 2.89. The maximum absolute atomic E-state index is 9.38. The van der Waals surface area contributed by atoms with E-state index < -0.39 is 12.1 Å². The summed E-state index contributed by atoms with van der Waals surface area (Å²) in [6.07, 6.45) is -0.136. The number of aromatic nitrogens is 2. The number of aliphatic hydroxyl groups excluding tert-OH is 1. The predicted octanol–water partition coefficient (Wildman–Crippen LogP) is 0.693. The molecule has 0 amide bonds. The largest absolute Gasteiger partial charge is 0.391 e. The van der Waals surface area contributed by atoms with E-state index in [1.54, 1.807) is 6.92 Å². The molecule has 0 bridgehead atoms. The van der Waals surface area contributed by atoms with Gasteiger partial charge in [-0.15, -0.1) is 0 Å². The van der Waals surface area contributed by atoms with Crippen molar-refractivity contribution in [1.82, 2.24) is 10.1 Å². The molecule has 6 heteroatoms. The van der Waals surface area contributed by atoms with Crippen LogP contribution in [-0.2, 0) is 6.42 Å². The van der Waals surface area contributed by atoms with Crippen molar-refractivity contribution in [3.05, 3.63) is 47.6 Å². The minimum absolute atomic E-state index is 0.272. The molecule has 0 saturated heterocycles. The molecular weight excluding hydrogens is 244 g/mol. The van der Waals surface area contributed by atoms with Crippen molar-refractivity contribution in [3.8, 4) is 0 Å². The van der Waals surface area contributed by atoms with Crippen LogP contribution in [-0.4, -0.2) is 21.4 Å². The van der Waals surface area contributed by atoms with Crippen LogP contribution in [0.1, 0.15) is 36.3 Å². The second-order valence-corrected chi connectivity index (χ2v) is 4.55. The van der Waals surface area contributed by atoms with E-state index in [0.29, 0.717) is 12.3 Å². The lowest BCUT2D eigenvalue weighted by molar-refractivity contribution is 0.159. The van der Waals surface area contributed by atoms with Crippen LogP contribution in [0.25, 0.3) is 0 Å². The third kappa shape index (κ3) is 3.37. The third-order valence-corrected chi connectivity index (χ3v) is 2.89. The number of hydrogen-bond donors (Lipinski definition) is 3. The number of rotatable bonds is 5. The van der Waals surface area contributed by atoms with E-state index in [1.807, 2.05) is 30.3 Å². The van der Waals surface area contributed by atoms with Crippen LogP contribution < -0.4 is 11.5 Å². The lowest BCUT2D eigenvalue weighted by Crippen LogP contribution is -2.24. The quantitative estimate of drug-likeness (QED) is 0.731. The molecule has 0 aliphatic rings. The van der Waals surface area contributed by atoms with Crippen molar-refractivity contribution >= 4 is 0 Å². The SMILES string of the molecule is CC(O)C(N)c1noc([C@@H](N)Cc2ccccc2)n1. The lowest BCUT2D eigenvalue weighted by Gasteiger charge is -2.09. The first-order chi connectivity index (χ1) is 9.08. The Morgan fingerprint density at radius 1 is 1.26 bits per heavy atom. The zero-order valence-corrected chi connectivity index (χ0v) is 10.7. The van der Waals surface area contributed by atoms with Crippen molar-refractivity contribution in [1.29, 1.82) is 0 Å². The Labute approximate surface area is 111 Å².